The fraction of sp³-hybridized carbons (Fsp3) is 0.791. The summed E-state index contributed by atoms with van der Waals surface area (Å²) in [6.07, 6.45) is 10.3. The predicted octanol–water partition coefficient (Wildman–Crippen LogP) is 8.33. The smallest absolute Gasteiger partial charge is 0.302 e. The van der Waals surface area contributed by atoms with E-state index in [1.54, 1.807) is 0 Å². The molecule has 6 aliphatic rings. The summed E-state index contributed by atoms with van der Waals surface area (Å²) in [6.45, 7) is 12.8. The van der Waals surface area contributed by atoms with E-state index < -0.39 is 11.6 Å². The van der Waals surface area contributed by atoms with Gasteiger partial charge in [-0.25, -0.2) is 0 Å². The third-order valence-corrected chi connectivity index (χ3v) is 15.2. The van der Waals surface area contributed by atoms with E-state index in [0.717, 1.165) is 51.4 Å². The van der Waals surface area contributed by atoms with Gasteiger partial charge in [-0.3, -0.25) is 14.4 Å². The zero-order valence-electron chi connectivity index (χ0n) is 32.9. The standard InChI is InChI=1S/C43H63NO9/c1-7-23-44-38(47)16-13-27(2)33-14-15-34-39-35(25-37(41(33,34)6)49-29(4)46)40(5)21-22-43(26-32(40)24-36(39)48-28(3)45)52-50-42(51-53-43)19-17-31(18-20-42)30-11-9-8-10-12-30/h8-12,27,31-37,39H,7,13-26H2,1-6H3,(H,44,47)/t27?,31?,32-,33-,34?,35?,36?,37+,39?,40+,41-,42?,43?/m1/s1. The van der Waals surface area contributed by atoms with Gasteiger partial charge in [-0.05, 0) is 104 Å². The zero-order valence-corrected chi connectivity index (χ0v) is 32.9. The van der Waals surface area contributed by atoms with Crippen molar-refractivity contribution in [2.45, 2.75) is 161 Å². The molecule has 0 aromatic heterocycles. The molecule has 5 unspecified atom stereocenters. The molecule has 10 nitrogen and oxygen atoms in total. The van der Waals surface area contributed by atoms with Crippen LogP contribution in [0.5, 0.6) is 0 Å². The molecule has 294 valence electrons. The van der Waals surface area contributed by atoms with Crippen LogP contribution in [0, 0.1) is 46.3 Å². The van der Waals surface area contributed by atoms with Gasteiger partial charge < -0.3 is 14.8 Å². The number of benzene rings is 1. The number of hydrogen-bond acceptors (Lipinski definition) is 9. The van der Waals surface area contributed by atoms with Crippen molar-refractivity contribution >= 4 is 17.8 Å². The molecule has 0 radical (unpaired) electrons. The third-order valence-electron chi connectivity index (χ3n) is 15.2. The number of esters is 2. The van der Waals surface area contributed by atoms with E-state index >= 15 is 0 Å². The molecule has 6 fully saturated rings. The van der Waals surface area contributed by atoms with E-state index in [4.69, 9.17) is 29.0 Å². The van der Waals surface area contributed by atoms with Gasteiger partial charge in [0, 0.05) is 63.8 Å². The highest BCUT2D eigenvalue weighted by Gasteiger charge is 2.69. The number of amides is 1. The highest BCUT2D eigenvalue weighted by molar-refractivity contribution is 5.75. The zero-order chi connectivity index (χ0) is 37.6. The van der Waals surface area contributed by atoms with Crippen molar-refractivity contribution in [2.75, 3.05) is 6.54 Å². The van der Waals surface area contributed by atoms with Gasteiger partial charge in [0.2, 0.25) is 17.5 Å². The Kier molecular flexibility index (Phi) is 11.1. The van der Waals surface area contributed by atoms with Crippen molar-refractivity contribution in [3.8, 4) is 0 Å². The molecule has 1 saturated heterocycles. The van der Waals surface area contributed by atoms with Crippen molar-refractivity contribution in [2.24, 2.45) is 46.3 Å². The SMILES string of the molecule is CCCNC(=O)CCC(C)[C@H]1CCC2C3C(OC(C)=O)C[C@@H]4CC5(CC[C@]4(C)C3C[C@H](OC(C)=O)[C@@]21C)OOC1(CCC(c2ccccc2)CC1)OO5. The summed E-state index contributed by atoms with van der Waals surface area (Å²) in [7, 11) is 0. The Labute approximate surface area is 315 Å². The third kappa shape index (κ3) is 7.31. The lowest BCUT2D eigenvalue weighted by Crippen LogP contribution is -2.65. The van der Waals surface area contributed by atoms with Crippen molar-refractivity contribution < 1.29 is 43.4 Å². The Hall–Kier alpha value is -2.53. The number of nitrogens with one attached hydrogen (secondary N) is 1. The molecule has 1 amide bonds. The van der Waals surface area contributed by atoms with Gasteiger partial charge in [-0.15, -0.1) is 0 Å². The molecule has 7 rings (SSSR count). The van der Waals surface area contributed by atoms with Crippen molar-refractivity contribution in [3.05, 3.63) is 35.9 Å². The molecule has 1 aliphatic heterocycles. The van der Waals surface area contributed by atoms with Gasteiger partial charge in [0.25, 0.3) is 0 Å². The first-order chi connectivity index (χ1) is 25.3. The Balaban J connectivity index is 1.08. The first kappa shape index (κ1) is 38.7. The van der Waals surface area contributed by atoms with Crippen molar-refractivity contribution in [3.63, 3.8) is 0 Å². The molecule has 10 atom stereocenters. The summed E-state index contributed by atoms with van der Waals surface area (Å²) >= 11 is 0. The number of carbonyl (C=O) groups is 3. The minimum Gasteiger partial charge on any atom is -0.462 e. The number of carbonyl (C=O) groups excluding carboxylic acids is 3. The van der Waals surface area contributed by atoms with Crippen LogP contribution in [0.2, 0.25) is 0 Å². The quantitative estimate of drug-likeness (QED) is 0.197. The van der Waals surface area contributed by atoms with Crippen LogP contribution in [-0.2, 0) is 43.4 Å². The second-order valence-corrected chi connectivity index (χ2v) is 18.2. The summed E-state index contributed by atoms with van der Waals surface area (Å²) in [5.74, 6) is -0.721. The fourth-order valence-electron chi connectivity index (χ4n) is 12.4. The van der Waals surface area contributed by atoms with Crippen LogP contribution in [0.25, 0.3) is 0 Å². The Morgan fingerprint density at radius 2 is 1.53 bits per heavy atom. The molecule has 5 saturated carbocycles. The van der Waals surface area contributed by atoms with E-state index in [2.05, 4.69) is 57.3 Å². The summed E-state index contributed by atoms with van der Waals surface area (Å²) in [4.78, 5) is 63.1. The van der Waals surface area contributed by atoms with Crippen LogP contribution in [0.3, 0.4) is 0 Å². The molecule has 0 bridgehead atoms. The van der Waals surface area contributed by atoms with Crippen LogP contribution < -0.4 is 5.32 Å². The second kappa shape index (κ2) is 15.2. The first-order valence-electron chi connectivity index (χ1n) is 20.7. The number of fused-ring (bicyclic) bond motifs is 5. The Morgan fingerprint density at radius 1 is 0.849 bits per heavy atom. The highest BCUT2D eigenvalue weighted by atomic mass is 17.4. The van der Waals surface area contributed by atoms with Crippen LogP contribution in [-0.4, -0.2) is 48.2 Å². The van der Waals surface area contributed by atoms with Gasteiger partial charge in [0.05, 0.1) is 0 Å². The predicted molar refractivity (Wildman–Crippen MR) is 196 cm³/mol. The molecule has 2 spiro atoms. The lowest BCUT2D eigenvalue weighted by atomic mass is 9.42. The van der Waals surface area contributed by atoms with Crippen LogP contribution in [0.15, 0.2) is 30.3 Å². The summed E-state index contributed by atoms with van der Waals surface area (Å²) in [5.41, 5.74) is 0.923. The first-order valence-corrected chi connectivity index (χ1v) is 20.7. The van der Waals surface area contributed by atoms with E-state index in [1.807, 2.05) is 6.07 Å². The number of rotatable bonds is 9. The number of ether oxygens (including phenoxy) is 2. The average molecular weight is 738 g/mol. The normalized spacial score (nSPS) is 42.5. The Bertz CT molecular complexity index is 1470. The summed E-state index contributed by atoms with van der Waals surface area (Å²) in [5, 5.41) is 3.02. The maximum atomic E-state index is 12.8. The maximum Gasteiger partial charge on any atom is 0.302 e. The van der Waals surface area contributed by atoms with Gasteiger partial charge in [0.15, 0.2) is 0 Å². The summed E-state index contributed by atoms with van der Waals surface area (Å²) < 4.78 is 12.7. The molecule has 5 aliphatic carbocycles. The molecule has 1 aromatic carbocycles. The molecule has 1 heterocycles. The van der Waals surface area contributed by atoms with Gasteiger partial charge in [0.1, 0.15) is 12.2 Å². The maximum absolute atomic E-state index is 12.8. The molecule has 53 heavy (non-hydrogen) atoms. The van der Waals surface area contributed by atoms with Crippen molar-refractivity contribution in [1.29, 1.82) is 0 Å². The monoisotopic (exact) mass is 737 g/mol. The Morgan fingerprint density at radius 3 is 2.19 bits per heavy atom. The lowest BCUT2D eigenvalue weighted by Gasteiger charge is -2.65. The molecule has 1 N–H and O–H groups in total. The van der Waals surface area contributed by atoms with Gasteiger partial charge in [-0.2, -0.15) is 19.6 Å². The van der Waals surface area contributed by atoms with Crippen molar-refractivity contribution in [1.82, 2.24) is 5.32 Å². The largest absolute Gasteiger partial charge is 0.462 e. The van der Waals surface area contributed by atoms with E-state index in [9.17, 15) is 14.4 Å². The van der Waals surface area contributed by atoms with Gasteiger partial charge in [-0.1, -0.05) is 58.0 Å². The topological polar surface area (TPSA) is 119 Å². The fourth-order valence-corrected chi connectivity index (χ4v) is 12.4. The average Bonchev–Trinajstić information content (AvgIpc) is 3.50. The molecular weight excluding hydrogens is 674 g/mol. The minimum atomic E-state index is -1.03. The van der Waals surface area contributed by atoms with Gasteiger partial charge >= 0.3 is 11.9 Å². The van der Waals surface area contributed by atoms with E-state index in [-0.39, 0.29) is 76.4 Å². The van der Waals surface area contributed by atoms with E-state index in [1.165, 1.54) is 19.4 Å². The molecular formula is C43H63NO9. The molecule has 1 aromatic rings. The molecule has 10 heteroatoms. The van der Waals surface area contributed by atoms with E-state index in [0.29, 0.717) is 51.0 Å². The summed E-state index contributed by atoms with van der Waals surface area (Å²) in [6, 6.07) is 10.6. The number of hydrogen-bond donors (Lipinski definition) is 1. The second-order valence-electron chi connectivity index (χ2n) is 18.2. The van der Waals surface area contributed by atoms with Crippen LogP contribution in [0.4, 0.5) is 0 Å². The minimum absolute atomic E-state index is 0.0993. The van der Waals surface area contributed by atoms with Crippen LogP contribution >= 0.6 is 0 Å². The van der Waals surface area contributed by atoms with Crippen LogP contribution in [0.1, 0.15) is 143 Å². The highest BCUT2D eigenvalue weighted by Crippen LogP contribution is 2.70. The lowest BCUT2D eigenvalue weighted by molar-refractivity contribution is -0.665.